The van der Waals surface area contributed by atoms with E-state index in [4.69, 9.17) is 4.74 Å². The van der Waals surface area contributed by atoms with E-state index in [1.54, 1.807) is 12.1 Å². The minimum absolute atomic E-state index is 0.111. The molecule has 2 fully saturated rings. The van der Waals surface area contributed by atoms with Gasteiger partial charge in [0.25, 0.3) is 5.91 Å². The number of ether oxygens (including phenoxy) is 1. The molecule has 4 atom stereocenters. The smallest absolute Gasteiger partial charge is 0.338 e. The summed E-state index contributed by atoms with van der Waals surface area (Å²) in [4.78, 5) is 52.5. The molecular weight excluding hydrogens is 432 g/mol. The number of anilines is 2. The van der Waals surface area contributed by atoms with E-state index < -0.39 is 18.5 Å². The van der Waals surface area contributed by atoms with Crippen LogP contribution in [0.25, 0.3) is 0 Å². The van der Waals surface area contributed by atoms with E-state index in [0.717, 1.165) is 17.5 Å². The molecule has 0 unspecified atom stereocenters. The summed E-state index contributed by atoms with van der Waals surface area (Å²) >= 11 is 0. The lowest BCUT2D eigenvalue weighted by Crippen LogP contribution is -2.33. The van der Waals surface area contributed by atoms with Crippen molar-refractivity contribution in [2.45, 2.75) is 27.2 Å². The summed E-state index contributed by atoms with van der Waals surface area (Å²) in [5.74, 6) is -1.94. The molecule has 2 bridgehead atoms. The van der Waals surface area contributed by atoms with Crippen LogP contribution < -0.4 is 10.2 Å². The monoisotopic (exact) mass is 458 g/mol. The number of hydrogen-bond acceptors (Lipinski definition) is 5. The van der Waals surface area contributed by atoms with E-state index in [1.807, 2.05) is 39.0 Å². The molecule has 2 aromatic carbocycles. The first-order chi connectivity index (χ1) is 16.3. The zero-order valence-corrected chi connectivity index (χ0v) is 19.3. The van der Waals surface area contributed by atoms with Crippen LogP contribution in [0.3, 0.4) is 0 Å². The third kappa shape index (κ3) is 3.52. The maximum absolute atomic E-state index is 13.2. The van der Waals surface area contributed by atoms with Crippen molar-refractivity contribution >= 4 is 35.1 Å². The number of hydrogen-bond donors (Lipinski definition) is 1. The fourth-order valence-electron chi connectivity index (χ4n) is 5.70. The third-order valence-electron chi connectivity index (χ3n) is 7.30. The number of fused-ring (bicyclic) bond motifs is 5. The lowest BCUT2D eigenvalue weighted by molar-refractivity contribution is -0.123. The second-order valence-corrected chi connectivity index (χ2v) is 9.42. The number of benzene rings is 2. The van der Waals surface area contributed by atoms with Crippen molar-refractivity contribution in [2.75, 3.05) is 16.8 Å². The van der Waals surface area contributed by atoms with Gasteiger partial charge in [-0.05, 0) is 68.4 Å². The van der Waals surface area contributed by atoms with Gasteiger partial charge in [-0.3, -0.25) is 14.4 Å². The van der Waals surface area contributed by atoms with Gasteiger partial charge in [-0.2, -0.15) is 0 Å². The number of nitrogens with zero attached hydrogens (tertiary/aromatic N) is 1. The predicted octanol–water partition coefficient (Wildman–Crippen LogP) is 3.80. The van der Waals surface area contributed by atoms with E-state index >= 15 is 0 Å². The molecule has 1 aliphatic heterocycles. The summed E-state index contributed by atoms with van der Waals surface area (Å²) in [5.41, 5.74) is 4.24. The number of amides is 3. The highest BCUT2D eigenvalue weighted by Gasteiger charge is 2.60. The average Bonchev–Trinajstić information content (AvgIpc) is 3.45. The molecule has 1 N–H and O–H groups in total. The summed E-state index contributed by atoms with van der Waals surface area (Å²) in [6.07, 6.45) is 2.99. The Morgan fingerprint density at radius 2 is 1.68 bits per heavy atom. The van der Waals surface area contributed by atoms with Crippen LogP contribution in [-0.4, -0.2) is 30.3 Å². The zero-order chi connectivity index (χ0) is 24.1. The quantitative estimate of drug-likeness (QED) is 0.418. The number of carbonyl (C=O) groups excluding carboxylic acids is 4. The van der Waals surface area contributed by atoms with Gasteiger partial charge in [0.2, 0.25) is 11.8 Å². The number of nitrogens with one attached hydrogen (secondary N) is 1. The average molecular weight is 459 g/mol. The maximum Gasteiger partial charge on any atom is 0.338 e. The standard InChI is InChI=1S/C27H26N2O5/c1-14-6-4-7-15(2)24(14)28-21(30)13-34-27(33)17-8-5-9-19(11-17)29-25(31)22-18-10-16(3)20(12-18)23(22)26(29)32/h4-11,18,20,22-23H,12-13H2,1-3H3,(H,28,30)/t18-,20+,22+,23-/m0/s1. The predicted molar refractivity (Wildman–Crippen MR) is 126 cm³/mol. The highest BCUT2D eigenvalue weighted by atomic mass is 16.5. The van der Waals surface area contributed by atoms with Crippen molar-refractivity contribution in [1.82, 2.24) is 0 Å². The Kier molecular flexibility index (Phi) is 5.35. The van der Waals surface area contributed by atoms with Gasteiger partial charge in [-0.25, -0.2) is 9.69 Å². The number of imide groups is 1. The van der Waals surface area contributed by atoms with Gasteiger partial charge >= 0.3 is 5.97 Å². The first kappa shape index (κ1) is 22.1. The molecule has 2 aliphatic carbocycles. The fraction of sp³-hybridized carbons (Fsp3) is 0.333. The Labute approximate surface area is 197 Å². The highest BCUT2D eigenvalue weighted by Crippen LogP contribution is 2.55. The number of esters is 1. The van der Waals surface area contributed by atoms with Crippen molar-refractivity contribution in [3.63, 3.8) is 0 Å². The molecule has 7 heteroatoms. The van der Waals surface area contributed by atoms with Crippen LogP contribution in [-0.2, 0) is 19.1 Å². The number of carbonyl (C=O) groups is 4. The summed E-state index contributed by atoms with van der Waals surface area (Å²) in [7, 11) is 0. The van der Waals surface area contributed by atoms with Crippen molar-refractivity contribution in [2.24, 2.45) is 23.7 Å². The topological polar surface area (TPSA) is 92.8 Å². The molecular formula is C27H26N2O5. The SMILES string of the molecule is CC1=C[C@H]2C[C@H]1[C@@H]1C(=O)N(c3cccc(C(=O)OCC(=O)Nc4c(C)cccc4C)c3)C(=O)[C@@H]12. The molecule has 0 aromatic heterocycles. The maximum atomic E-state index is 13.2. The van der Waals surface area contributed by atoms with Crippen LogP contribution in [0.1, 0.15) is 34.8 Å². The number of para-hydroxylation sites is 1. The Morgan fingerprint density at radius 1 is 1.00 bits per heavy atom. The van der Waals surface area contributed by atoms with Crippen LogP contribution in [0.2, 0.25) is 0 Å². The Morgan fingerprint density at radius 3 is 2.41 bits per heavy atom. The first-order valence-electron chi connectivity index (χ1n) is 11.5. The molecule has 3 amide bonds. The highest BCUT2D eigenvalue weighted by molar-refractivity contribution is 6.23. The van der Waals surface area contributed by atoms with Crippen molar-refractivity contribution in [1.29, 1.82) is 0 Å². The molecule has 7 nitrogen and oxygen atoms in total. The van der Waals surface area contributed by atoms with Crippen LogP contribution in [0.15, 0.2) is 54.1 Å². The summed E-state index contributed by atoms with van der Waals surface area (Å²) < 4.78 is 5.20. The van der Waals surface area contributed by atoms with E-state index in [9.17, 15) is 19.2 Å². The van der Waals surface area contributed by atoms with Crippen molar-refractivity contribution in [3.05, 3.63) is 70.8 Å². The molecule has 5 rings (SSSR count). The molecule has 174 valence electrons. The van der Waals surface area contributed by atoms with Crippen molar-refractivity contribution < 1.29 is 23.9 Å². The van der Waals surface area contributed by atoms with E-state index in [-0.39, 0.29) is 41.0 Å². The van der Waals surface area contributed by atoms with Gasteiger partial charge in [0.15, 0.2) is 6.61 Å². The Balaban J connectivity index is 1.27. The lowest BCUT2D eigenvalue weighted by Gasteiger charge is -2.19. The summed E-state index contributed by atoms with van der Waals surface area (Å²) in [6.45, 7) is 5.35. The van der Waals surface area contributed by atoms with Gasteiger partial charge < -0.3 is 10.1 Å². The van der Waals surface area contributed by atoms with Gasteiger partial charge in [0.05, 0.1) is 23.1 Å². The molecule has 0 radical (unpaired) electrons. The zero-order valence-electron chi connectivity index (χ0n) is 19.3. The molecule has 1 heterocycles. The largest absolute Gasteiger partial charge is 0.452 e. The van der Waals surface area contributed by atoms with Crippen LogP contribution in [0.5, 0.6) is 0 Å². The fourth-order valence-corrected chi connectivity index (χ4v) is 5.70. The number of allylic oxidation sites excluding steroid dienone is 2. The van der Waals surface area contributed by atoms with E-state index in [0.29, 0.717) is 11.4 Å². The molecule has 3 aliphatic rings. The van der Waals surface area contributed by atoms with Crippen LogP contribution >= 0.6 is 0 Å². The van der Waals surface area contributed by atoms with Crippen LogP contribution in [0.4, 0.5) is 11.4 Å². The molecule has 2 aromatic rings. The molecule has 0 spiro atoms. The van der Waals surface area contributed by atoms with Crippen molar-refractivity contribution in [3.8, 4) is 0 Å². The number of aryl methyl sites for hydroxylation is 2. The second-order valence-electron chi connectivity index (χ2n) is 9.42. The first-order valence-corrected chi connectivity index (χ1v) is 11.5. The third-order valence-corrected chi connectivity index (χ3v) is 7.30. The van der Waals surface area contributed by atoms with E-state index in [1.165, 1.54) is 22.6 Å². The van der Waals surface area contributed by atoms with E-state index in [2.05, 4.69) is 11.4 Å². The molecule has 34 heavy (non-hydrogen) atoms. The number of rotatable bonds is 5. The minimum Gasteiger partial charge on any atom is -0.452 e. The van der Waals surface area contributed by atoms with Gasteiger partial charge in [0, 0.05) is 5.69 Å². The lowest BCUT2D eigenvalue weighted by atomic mass is 9.82. The summed E-state index contributed by atoms with van der Waals surface area (Å²) in [6, 6.07) is 11.9. The molecule has 1 saturated heterocycles. The van der Waals surface area contributed by atoms with Gasteiger partial charge in [-0.1, -0.05) is 35.9 Å². The van der Waals surface area contributed by atoms with Crippen LogP contribution in [0, 0.1) is 37.5 Å². The van der Waals surface area contributed by atoms with Gasteiger partial charge in [0.1, 0.15) is 0 Å². The normalized spacial score (nSPS) is 24.8. The van der Waals surface area contributed by atoms with Gasteiger partial charge in [-0.15, -0.1) is 0 Å². The minimum atomic E-state index is -0.699. The summed E-state index contributed by atoms with van der Waals surface area (Å²) in [5, 5.41) is 2.77. The Bertz CT molecular complexity index is 1240. The Hall–Kier alpha value is -3.74. The molecule has 1 saturated carbocycles. The second kappa shape index (κ2) is 8.24.